The van der Waals surface area contributed by atoms with Crippen LogP contribution in [-0.4, -0.2) is 17.5 Å². The topological polar surface area (TPSA) is 46.5 Å². The van der Waals surface area contributed by atoms with Crippen LogP contribution in [0, 0.1) is 6.92 Å². The van der Waals surface area contributed by atoms with Gasteiger partial charge in [0.05, 0.1) is 11.0 Å². The van der Waals surface area contributed by atoms with E-state index in [1.54, 1.807) is 18.2 Å². The minimum Gasteiger partial charge on any atom is -0.508 e. The second-order valence-corrected chi connectivity index (χ2v) is 8.99. The molecule has 5 heteroatoms. The number of phenols is 1. The van der Waals surface area contributed by atoms with Gasteiger partial charge in [0.25, 0.3) is 0 Å². The van der Waals surface area contributed by atoms with Crippen LogP contribution in [0.3, 0.4) is 0 Å². The van der Waals surface area contributed by atoms with Gasteiger partial charge in [-0.1, -0.05) is 61.7 Å². The molecule has 1 heterocycles. The van der Waals surface area contributed by atoms with Gasteiger partial charge in [0, 0.05) is 8.95 Å². The molecule has 142 valence electrons. The first kappa shape index (κ1) is 19.2. The van der Waals surface area contributed by atoms with E-state index in [0.29, 0.717) is 23.3 Å². The largest absolute Gasteiger partial charge is 0.508 e. The third-order valence-corrected chi connectivity index (χ3v) is 6.22. The Balaban J connectivity index is 1.89. The molecule has 1 unspecified atom stereocenters. The number of halogens is 2. The number of benzene rings is 3. The Labute approximate surface area is 180 Å². The first-order valence-corrected chi connectivity index (χ1v) is 10.5. The number of hydrogen-bond donors (Lipinski definition) is 1. The number of rotatable bonds is 3. The lowest BCUT2D eigenvalue weighted by Crippen LogP contribution is -2.46. The van der Waals surface area contributed by atoms with Crippen LogP contribution >= 0.6 is 31.9 Å². The fourth-order valence-corrected chi connectivity index (χ4v) is 4.44. The first-order valence-electron chi connectivity index (χ1n) is 8.91. The summed E-state index contributed by atoms with van der Waals surface area (Å²) in [4.78, 5) is 13.8. The van der Waals surface area contributed by atoms with Gasteiger partial charge in [-0.25, -0.2) is 0 Å². The lowest BCUT2D eigenvalue weighted by molar-refractivity contribution is 0.0765. The van der Waals surface area contributed by atoms with Crippen molar-refractivity contribution in [3.05, 3.63) is 91.9 Å². The SMILES string of the molecule is Cc1ccc(C2(Cc3cc(Br)ccc3O)COc3ccc(Br)cc3C2=O)cc1. The minimum atomic E-state index is -0.917. The number of aromatic hydroxyl groups is 1. The van der Waals surface area contributed by atoms with Crippen molar-refractivity contribution in [2.75, 3.05) is 6.61 Å². The molecule has 0 saturated heterocycles. The summed E-state index contributed by atoms with van der Waals surface area (Å²) in [6.07, 6.45) is 0.339. The Morgan fingerprint density at radius 3 is 2.43 bits per heavy atom. The van der Waals surface area contributed by atoms with Crippen LogP contribution in [0.15, 0.2) is 69.6 Å². The van der Waals surface area contributed by atoms with Crippen molar-refractivity contribution in [3.8, 4) is 11.5 Å². The highest BCUT2D eigenvalue weighted by Gasteiger charge is 2.46. The Bertz CT molecular complexity index is 1060. The molecule has 0 fully saturated rings. The fourth-order valence-electron chi connectivity index (χ4n) is 3.67. The summed E-state index contributed by atoms with van der Waals surface area (Å²) in [7, 11) is 0. The van der Waals surface area contributed by atoms with Crippen LogP contribution < -0.4 is 4.74 Å². The van der Waals surface area contributed by atoms with Gasteiger partial charge in [0.15, 0.2) is 5.78 Å². The van der Waals surface area contributed by atoms with E-state index in [9.17, 15) is 9.90 Å². The quantitative estimate of drug-likeness (QED) is 0.480. The van der Waals surface area contributed by atoms with E-state index in [1.807, 2.05) is 49.4 Å². The number of ether oxygens (including phenoxy) is 1. The lowest BCUT2D eigenvalue weighted by Gasteiger charge is -2.37. The molecule has 3 aromatic carbocycles. The maximum atomic E-state index is 13.8. The standard InChI is InChI=1S/C23H18Br2O3/c1-14-2-4-16(5-3-14)23(12-15-10-17(24)6-8-20(15)26)13-28-21-9-7-18(25)11-19(21)22(23)27/h2-11,26H,12-13H2,1H3. The van der Waals surface area contributed by atoms with E-state index in [4.69, 9.17) is 4.74 Å². The van der Waals surface area contributed by atoms with Gasteiger partial charge in [-0.3, -0.25) is 4.79 Å². The number of fused-ring (bicyclic) bond motifs is 1. The molecule has 1 aliphatic heterocycles. The van der Waals surface area contributed by atoms with Crippen molar-refractivity contribution in [1.82, 2.24) is 0 Å². The van der Waals surface area contributed by atoms with E-state index in [-0.39, 0.29) is 18.1 Å². The summed E-state index contributed by atoms with van der Waals surface area (Å²) >= 11 is 6.92. The summed E-state index contributed by atoms with van der Waals surface area (Å²) in [6.45, 7) is 2.23. The van der Waals surface area contributed by atoms with Crippen molar-refractivity contribution < 1.29 is 14.6 Å². The Kier molecular flexibility index (Phi) is 5.06. The molecule has 3 nitrogen and oxygen atoms in total. The molecule has 0 spiro atoms. The van der Waals surface area contributed by atoms with E-state index in [0.717, 1.165) is 20.1 Å². The van der Waals surface area contributed by atoms with Crippen molar-refractivity contribution in [1.29, 1.82) is 0 Å². The molecule has 4 rings (SSSR count). The van der Waals surface area contributed by atoms with Gasteiger partial charge in [0.1, 0.15) is 18.1 Å². The normalized spacial score (nSPS) is 18.5. The molecule has 0 radical (unpaired) electrons. The molecule has 0 aromatic heterocycles. The molecule has 28 heavy (non-hydrogen) atoms. The number of phenolic OH excluding ortho intramolecular Hbond substituents is 1. The van der Waals surface area contributed by atoms with Crippen molar-refractivity contribution in [2.45, 2.75) is 18.8 Å². The zero-order valence-corrected chi connectivity index (χ0v) is 18.4. The zero-order valence-electron chi connectivity index (χ0n) is 15.2. The summed E-state index contributed by atoms with van der Waals surface area (Å²) in [6, 6.07) is 18.7. The smallest absolute Gasteiger partial charge is 0.180 e. The van der Waals surface area contributed by atoms with Crippen LogP contribution in [0.4, 0.5) is 0 Å². The Morgan fingerprint density at radius 2 is 1.68 bits per heavy atom. The predicted molar refractivity (Wildman–Crippen MR) is 116 cm³/mol. The summed E-state index contributed by atoms with van der Waals surface area (Å²) in [5.74, 6) is 0.759. The molecule has 3 aromatic rings. The fraction of sp³-hybridized carbons (Fsp3) is 0.174. The van der Waals surface area contributed by atoms with Crippen LogP contribution in [0.2, 0.25) is 0 Å². The highest BCUT2D eigenvalue weighted by Crippen LogP contribution is 2.42. The average Bonchev–Trinajstić information content (AvgIpc) is 2.68. The van der Waals surface area contributed by atoms with Crippen LogP contribution in [-0.2, 0) is 11.8 Å². The maximum absolute atomic E-state index is 13.8. The van der Waals surface area contributed by atoms with Gasteiger partial charge < -0.3 is 9.84 Å². The highest BCUT2D eigenvalue weighted by molar-refractivity contribution is 9.10. The third kappa shape index (κ3) is 3.38. The van der Waals surface area contributed by atoms with E-state index < -0.39 is 5.41 Å². The number of hydrogen-bond acceptors (Lipinski definition) is 3. The molecular formula is C23H18Br2O3. The molecule has 0 bridgehead atoms. The monoisotopic (exact) mass is 500 g/mol. The molecule has 1 atom stereocenters. The van der Waals surface area contributed by atoms with Crippen LogP contribution in [0.25, 0.3) is 0 Å². The molecule has 0 saturated carbocycles. The molecular weight excluding hydrogens is 484 g/mol. The second kappa shape index (κ2) is 7.37. The minimum absolute atomic E-state index is 0.00159. The van der Waals surface area contributed by atoms with Gasteiger partial charge in [0.2, 0.25) is 0 Å². The Hall–Kier alpha value is -2.11. The molecule has 1 N–H and O–H groups in total. The van der Waals surface area contributed by atoms with Gasteiger partial charge in [-0.05, 0) is 60.9 Å². The average molecular weight is 502 g/mol. The number of Topliss-reactive ketones (excluding diaryl/α,β-unsaturated/α-hetero) is 1. The van der Waals surface area contributed by atoms with Crippen LogP contribution in [0.5, 0.6) is 11.5 Å². The highest BCUT2D eigenvalue weighted by atomic mass is 79.9. The number of ketones is 1. The maximum Gasteiger partial charge on any atom is 0.180 e. The van der Waals surface area contributed by atoms with Crippen molar-refractivity contribution in [2.24, 2.45) is 0 Å². The van der Waals surface area contributed by atoms with Crippen LogP contribution in [0.1, 0.15) is 27.0 Å². The lowest BCUT2D eigenvalue weighted by atomic mass is 9.69. The second-order valence-electron chi connectivity index (χ2n) is 7.16. The van der Waals surface area contributed by atoms with Crippen molar-refractivity contribution in [3.63, 3.8) is 0 Å². The molecule has 0 aliphatic carbocycles. The first-order chi connectivity index (χ1) is 13.4. The summed E-state index contributed by atoms with van der Waals surface area (Å²) in [5.41, 5.74) is 2.34. The molecule has 0 amide bonds. The van der Waals surface area contributed by atoms with Gasteiger partial charge in [-0.15, -0.1) is 0 Å². The molecule has 1 aliphatic rings. The number of aryl methyl sites for hydroxylation is 1. The number of carbonyl (C=O) groups is 1. The van der Waals surface area contributed by atoms with E-state index >= 15 is 0 Å². The van der Waals surface area contributed by atoms with Gasteiger partial charge >= 0.3 is 0 Å². The third-order valence-electron chi connectivity index (χ3n) is 5.23. The predicted octanol–water partition coefficient (Wildman–Crippen LogP) is 5.98. The summed E-state index contributed by atoms with van der Waals surface area (Å²) in [5, 5.41) is 10.4. The van der Waals surface area contributed by atoms with Crippen molar-refractivity contribution >= 4 is 37.6 Å². The summed E-state index contributed by atoms with van der Waals surface area (Å²) < 4.78 is 7.74. The Morgan fingerprint density at radius 1 is 1.00 bits per heavy atom. The number of carbonyl (C=O) groups excluding carboxylic acids is 1. The van der Waals surface area contributed by atoms with Gasteiger partial charge in [-0.2, -0.15) is 0 Å². The van der Waals surface area contributed by atoms with E-state index in [1.165, 1.54) is 0 Å². The zero-order chi connectivity index (χ0) is 19.9. The van der Waals surface area contributed by atoms with E-state index in [2.05, 4.69) is 31.9 Å².